The molecule has 2 N–H and O–H groups in total. The Morgan fingerprint density at radius 3 is 2.68 bits per heavy atom. The molecular weight excluding hydrogens is 330 g/mol. The smallest absolute Gasteiger partial charge is 0.132 e. The molecule has 3 aliphatic rings. The Hall–Kier alpha value is -1.20. The fraction of sp³-hybridized carbons (Fsp3) is 0.650. The first-order valence-electron chi connectivity index (χ1n) is 9.65. The molecule has 5 heteroatoms. The standard InChI is InChI=1S/C20H29N3OS/c1-24-17-13-15-16(22-19(21)20(15)7-5-8-20)14-18(17)25-12-6-11-23-9-3-2-4-10-23/h13-14H,2-12H2,1H3,(H2,21,22). The lowest BCUT2D eigenvalue weighted by Gasteiger charge is -2.39. The normalized spacial score (nSPS) is 21.7. The third-order valence-electron chi connectivity index (χ3n) is 6.06. The summed E-state index contributed by atoms with van der Waals surface area (Å²) in [4.78, 5) is 8.49. The molecule has 1 spiro atoms. The van der Waals surface area contributed by atoms with Crippen molar-refractivity contribution in [2.75, 3.05) is 32.5 Å². The zero-order chi connectivity index (χ0) is 17.3. The van der Waals surface area contributed by atoms with E-state index in [2.05, 4.69) is 22.0 Å². The minimum absolute atomic E-state index is 0.0140. The summed E-state index contributed by atoms with van der Waals surface area (Å²) >= 11 is 1.89. The number of ether oxygens (including phenoxy) is 1. The highest BCUT2D eigenvalue weighted by Crippen LogP contribution is 2.53. The summed E-state index contributed by atoms with van der Waals surface area (Å²) in [5.74, 6) is 2.91. The fourth-order valence-corrected chi connectivity index (χ4v) is 5.35. The van der Waals surface area contributed by atoms with Gasteiger partial charge < -0.3 is 15.4 Å². The van der Waals surface area contributed by atoms with Crippen LogP contribution in [-0.4, -0.2) is 43.2 Å². The maximum absolute atomic E-state index is 6.27. The van der Waals surface area contributed by atoms with Gasteiger partial charge in [-0.3, -0.25) is 0 Å². The van der Waals surface area contributed by atoms with Gasteiger partial charge in [0.05, 0.1) is 23.1 Å². The average molecular weight is 360 g/mol. The van der Waals surface area contributed by atoms with Gasteiger partial charge in [0.15, 0.2) is 0 Å². The Labute approximate surface area is 155 Å². The van der Waals surface area contributed by atoms with Crippen LogP contribution in [0.3, 0.4) is 0 Å². The first-order valence-corrected chi connectivity index (χ1v) is 10.6. The Morgan fingerprint density at radius 2 is 2.00 bits per heavy atom. The Bertz CT molecular complexity index is 663. The number of fused-ring (bicyclic) bond motifs is 2. The number of nitrogens with zero attached hydrogens (tertiary/aromatic N) is 2. The maximum Gasteiger partial charge on any atom is 0.132 e. The highest BCUT2D eigenvalue weighted by molar-refractivity contribution is 7.99. The van der Waals surface area contributed by atoms with E-state index in [-0.39, 0.29) is 5.41 Å². The van der Waals surface area contributed by atoms with Gasteiger partial charge in [0.2, 0.25) is 0 Å². The molecule has 1 aromatic carbocycles. The largest absolute Gasteiger partial charge is 0.496 e. The fourth-order valence-electron chi connectivity index (χ4n) is 4.38. The van der Waals surface area contributed by atoms with E-state index < -0.39 is 0 Å². The molecule has 0 amide bonds. The third-order valence-corrected chi connectivity index (χ3v) is 7.18. The van der Waals surface area contributed by atoms with Gasteiger partial charge >= 0.3 is 0 Å². The summed E-state index contributed by atoms with van der Waals surface area (Å²) in [5, 5.41) is 0. The van der Waals surface area contributed by atoms with Crippen LogP contribution < -0.4 is 10.5 Å². The molecule has 136 valence electrons. The quantitative estimate of drug-likeness (QED) is 0.614. The number of rotatable bonds is 6. The highest BCUT2D eigenvalue weighted by Gasteiger charge is 2.47. The van der Waals surface area contributed by atoms with Crippen LogP contribution in [0.15, 0.2) is 22.0 Å². The molecule has 0 aromatic heterocycles. The molecule has 1 aromatic rings. The predicted octanol–water partition coefficient (Wildman–Crippen LogP) is 4.09. The molecule has 4 rings (SSSR count). The number of likely N-dealkylation sites (tertiary alicyclic amines) is 1. The van der Waals surface area contributed by atoms with E-state index in [1.54, 1.807) is 7.11 Å². The lowest BCUT2D eigenvalue weighted by Crippen LogP contribution is -2.44. The minimum atomic E-state index is 0.0140. The van der Waals surface area contributed by atoms with Crippen LogP contribution in [-0.2, 0) is 5.41 Å². The second kappa shape index (κ2) is 7.20. The van der Waals surface area contributed by atoms with E-state index in [1.165, 1.54) is 62.2 Å². The maximum atomic E-state index is 6.27. The number of benzene rings is 1. The number of amidine groups is 1. The first-order chi connectivity index (χ1) is 12.2. The lowest BCUT2D eigenvalue weighted by atomic mass is 9.64. The van der Waals surface area contributed by atoms with Gasteiger partial charge in [-0.2, -0.15) is 0 Å². The molecule has 25 heavy (non-hydrogen) atoms. The zero-order valence-electron chi connectivity index (χ0n) is 15.2. The van der Waals surface area contributed by atoms with E-state index in [4.69, 9.17) is 10.5 Å². The Morgan fingerprint density at radius 1 is 1.20 bits per heavy atom. The van der Waals surface area contributed by atoms with Gasteiger partial charge in [0.25, 0.3) is 0 Å². The van der Waals surface area contributed by atoms with E-state index >= 15 is 0 Å². The molecule has 0 radical (unpaired) electrons. The number of piperidine rings is 1. The van der Waals surface area contributed by atoms with Crippen molar-refractivity contribution in [2.24, 2.45) is 10.7 Å². The van der Waals surface area contributed by atoms with Gasteiger partial charge in [0.1, 0.15) is 11.6 Å². The summed E-state index contributed by atoms with van der Waals surface area (Å²) in [7, 11) is 1.77. The lowest BCUT2D eigenvalue weighted by molar-refractivity contribution is 0.230. The zero-order valence-corrected chi connectivity index (χ0v) is 16.0. The molecule has 0 atom stereocenters. The van der Waals surface area contributed by atoms with E-state index in [9.17, 15) is 0 Å². The van der Waals surface area contributed by atoms with Gasteiger partial charge in [-0.15, -0.1) is 11.8 Å². The number of aliphatic imine (C=N–C) groups is 1. The van der Waals surface area contributed by atoms with Crippen molar-refractivity contribution in [2.45, 2.75) is 55.3 Å². The number of nitrogens with two attached hydrogens (primary N) is 1. The van der Waals surface area contributed by atoms with Crippen LogP contribution in [0, 0.1) is 0 Å². The second-order valence-electron chi connectivity index (χ2n) is 7.56. The van der Waals surface area contributed by atoms with Crippen LogP contribution in [0.1, 0.15) is 50.5 Å². The van der Waals surface area contributed by atoms with Gasteiger partial charge in [0, 0.05) is 0 Å². The number of thioether (sulfide) groups is 1. The van der Waals surface area contributed by atoms with Gasteiger partial charge in [-0.05, 0) is 75.2 Å². The second-order valence-corrected chi connectivity index (χ2v) is 8.69. The molecule has 2 fully saturated rings. The molecule has 2 aliphatic heterocycles. The van der Waals surface area contributed by atoms with Crippen LogP contribution in [0.4, 0.5) is 5.69 Å². The van der Waals surface area contributed by atoms with Gasteiger partial charge in [-0.1, -0.05) is 12.8 Å². The van der Waals surface area contributed by atoms with Crippen molar-refractivity contribution in [1.82, 2.24) is 4.90 Å². The predicted molar refractivity (Wildman–Crippen MR) is 105 cm³/mol. The molecule has 0 bridgehead atoms. The topological polar surface area (TPSA) is 50.8 Å². The molecule has 4 nitrogen and oxygen atoms in total. The van der Waals surface area contributed by atoms with Crippen molar-refractivity contribution in [3.8, 4) is 5.75 Å². The third kappa shape index (κ3) is 3.17. The van der Waals surface area contributed by atoms with Gasteiger partial charge in [-0.25, -0.2) is 4.99 Å². The molecule has 1 saturated heterocycles. The molecular formula is C20H29N3OS. The SMILES string of the molecule is COc1cc2c(cc1SCCCN1CCCCC1)N=C(N)C21CCC1. The van der Waals surface area contributed by atoms with Crippen LogP contribution in [0.2, 0.25) is 0 Å². The van der Waals surface area contributed by atoms with E-state index in [1.807, 2.05) is 11.8 Å². The van der Waals surface area contributed by atoms with E-state index in [0.29, 0.717) is 0 Å². The monoisotopic (exact) mass is 359 g/mol. The average Bonchev–Trinajstić information content (AvgIpc) is 2.89. The first kappa shape index (κ1) is 17.2. The summed E-state index contributed by atoms with van der Waals surface area (Å²) in [5.41, 5.74) is 8.63. The number of methoxy groups -OCH3 is 1. The van der Waals surface area contributed by atoms with Crippen LogP contribution in [0.25, 0.3) is 0 Å². The van der Waals surface area contributed by atoms with Crippen LogP contribution in [0.5, 0.6) is 5.75 Å². The van der Waals surface area contributed by atoms with Crippen molar-refractivity contribution in [3.63, 3.8) is 0 Å². The Balaban J connectivity index is 1.41. The molecule has 1 saturated carbocycles. The van der Waals surface area contributed by atoms with Crippen molar-refractivity contribution in [3.05, 3.63) is 17.7 Å². The summed E-state index contributed by atoms with van der Waals surface area (Å²) in [6.45, 7) is 3.78. The van der Waals surface area contributed by atoms with Crippen LogP contribution >= 0.6 is 11.8 Å². The van der Waals surface area contributed by atoms with Crippen molar-refractivity contribution < 1.29 is 4.74 Å². The Kier molecular flexibility index (Phi) is 4.96. The number of hydrogen-bond donors (Lipinski definition) is 1. The summed E-state index contributed by atoms with van der Waals surface area (Å²) in [6, 6.07) is 4.39. The molecule has 1 aliphatic carbocycles. The summed E-state index contributed by atoms with van der Waals surface area (Å²) < 4.78 is 5.69. The van der Waals surface area contributed by atoms with Crippen molar-refractivity contribution in [1.29, 1.82) is 0 Å². The molecule has 2 heterocycles. The minimum Gasteiger partial charge on any atom is -0.496 e. The van der Waals surface area contributed by atoms with E-state index in [0.717, 1.165) is 35.9 Å². The van der Waals surface area contributed by atoms with Crippen molar-refractivity contribution >= 4 is 23.3 Å². The molecule has 0 unspecified atom stereocenters. The summed E-state index contributed by atoms with van der Waals surface area (Å²) in [6.07, 6.45) is 8.86. The highest BCUT2D eigenvalue weighted by atomic mass is 32.2. The number of hydrogen-bond acceptors (Lipinski definition) is 5.